The smallest absolute Gasteiger partial charge is 0.375 e. The number of oxazole rings is 1. The Morgan fingerprint density at radius 3 is 2.81 bits per heavy atom. The lowest BCUT2D eigenvalue weighted by Gasteiger charge is -2.17. The summed E-state index contributed by atoms with van der Waals surface area (Å²) >= 11 is 0. The second kappa shape index (κ2) is 4.47. The van der Waals surface area contributed by atoms with Gasteiger partial charge in [-0.3, -0.25) is 4.79 Å². The first-order valence-corrected chi connectivity index (χ1v) is 5.26. The summed E-state index contributed by atoms with van der Waals surface area (Å²) in [5.74, 6) is 0.569. The van der Waals surface area contributed by atoms with E-state index in [0.29, 0.717) is 18.7 Å². The molecule has 0 N–H and O–H groups in total. The molecule has 0 amide bonds. The number of hydrogen-bond donors (Lipinski definition) is 0. The zero-order valence-corrected chi connectivity index (χ0v) is 9.06. The number of Topliss-reactive ketones (excluding diaryl/α,β-unsaturated/α-hetero) is 1. The molecular weight excluding hydrogens is 210 g/mol. The van der Waals surface area contributed by atoms with Gasteiger partial charge in [-0.05, 0) is 12.8 Å². The van der Waals surface area contributed by atoms with Crippen molar-refractivity contribution in [3.8, 4) is 0 Å². The van der Waals surface area contributed by atoms with Gasteiger partial charge < -0.3 is 9.15 Å². The quantitative estimate of drug-likeness (QED) is 0.713. The summed E-state index contributed by atoms with van der Waals surface area (Å²) in [6, 6.07) is 0. The minimum atomic E-state index is -0.523. The van der Waals surface area contributed by atoms with Crippen LogP contribution in [0.15, 0.2) is 10.6 Å². The van der Waals surface area contributed by atoms with Gasteiger partial charge in [0.1, 0.15) is 5.78 Å². The number of rotatable bonds is 2. The van der Waals surface area contributed by atoms with E-state index in [4.69, 9.17) is 4.42 Å². The molecule has 5 nitrogen and oxygen atoms in total. The van der Waals surface area contributed by atoms with Crippen LogP contribution in [0.2, 0.25) is 0 Å². The monoisotopic (exact) mass is 223 g/mol. The maximum absolute atomic E-state index is 11.2. The summed E-state index contributed by atoms with van der Waals surface area (Å²) in [6.45, 7) is 0. The number of hydrogen-bond acceptors (Lipinski definition) is 5. The van der Waals surface area contributed by atoms with Crippen LogP contribution in [0.5, 0.6) is 0 Å². The Bertz CT molecular complexity index is 400. The second-order valence-electron chi connectivity index (χ2n) is 3.87. The summed E-state index contributed by atoms with van der Waals surface area (Å²) in [7, 11) is 1.30. The van der Waals surface area contributed by atoms with Crippen LogP contribution in [0.25, 0.3) is 0 Å². The van der Waals surface area contributed by atoms with E-state index in [1.54, 1.807) is 0 Å². The van der Waals surface area contributed by atoms with Crippen LogP contribution in [0.1, 0.15) is 48.0 Å². The van der Waals surface area contributed by atoms with Gasteiger partial charge in [0.05, 0.1) is 13.3 Å². The van der Waals surface area contributed by atoms with Crippen molar-refractivity contribution in [3.63, 3.8) is 0 Å². The van der Waals surface area contributed by atoms with Crippen LogP contribution in [-0.2, 0) is 9.53 Å². The minimum absolute atomic E-state index is 0.120. The third kappa shape index (κ3) is 2.13. The van der Waals surface area contributed by atoms with Crippen LogP contribution in [0.4, 0.5) is 0 Å². The number of methoxy groups -OCH3 is 1. The lowest BCUT2D eigenvalue weighted by molar-refractivity contribution is -0.120. The molecule has 1 heterocycles. The molecule has 5 heteroatoms. The maximum Gasteiger partial charge on any atom is 0.375 e. The zero-order valence-electron chi connectivity index (χ0n) is 9.06. The Hall–Kier alpha value is -1.65. The molecule has 0 spiro atoms. The van der Waals surface area contributed by atoms with E-state index in [0.717, 1.165) is 12.8 Å². The summed E-state index contributed by atoms with van der Waals surface area (Å²) in [6.07, 6.45) is 4.01. The Morgan fingerprint density at radius 2 is 2.19 bits per heavy atom. The van der Waals surface area contributed by atoms with Crippen molar-refractivity contribution in [2.24, 2.45) is 0 Å². The zero-order chi connectivity index (χ0) is 11.5. The molecule has 1 fully saturated rings. The van der Waals surface area contributed by atoms with Crippen molar-refractivity contribution in [1.82, 2.24) is 4.98 Å². The van der Waals surface area contributed by atoms with Crippen LogP contribution in [0, 0.1) is 0 Å². The summed E-state index contributed by atoms with van der Waals surface area (Å²) in [4.78, 5) is 26.3. The minimum Gasteiger partial charge on any atom is -0.463 e. The molecule has 0 unspecified atom stereocenters. The number of ketones is 1. The summed E-state index contributed by atoms with van der Waals surface area (Å²) in [5.41, 5.74) is 0. The summed E-state index contributed by atoms with van der Waals surface area (Å²) < 4.78 is 9.84. The molecular formula is C11H13NO4. The van der Waals surface area contributed by atoms with Gasteiger partial charge in [-0.2, -0.15) is 0 Å². The fourth-order valence-electron chi connectivity index (χ4n) is 1.86. The van der Waals surface area contributed by atoms with E-state index < -0.39 is 5.97 Å². The number of ether oxygens (including phenoxy) is 1. The van der Waals surface area contributed by atoms with Crippen molar-refractivity contribution >= 4 is 11.8 Å². The predicted octanol–water partition coefficient (Wildman–Crippen LogP) is 1.69. The fourth-order valence-corrected chi connectivity index (χ4v) is 1.86. The molecule has 86 valence electrons. The highest BCUT2D eigenvalue weighted by molar-refractivity contribution is 5.85. The van der Waals surface area contributed by atoms with Gasteiger partial charge in [0.2, 0.25) is 5.76 Å². The van der Waals surface area contributed by atoms with E-state index in [9.17, 15) is 9.59 Å². The molecule has 1 aromatic heterocycles. The molecule has 0 aliphatic heterocycles. The molecule has 1 aliphatic rings. The fraction of sp³-hybridized carbons (Fsp3) is 0.545. The third-order valence-electron chi connectivity index (χ3n) is 2.80. The number of esters is 1. The number of aromatic nitrogens is 1. The SMILES string of the molecule is COC(=O)c1cnc(C2CCC(=O)CC2)o1. The lowest BCUT2D eigenvalue weighted by atomic mass is 9.88. The van der Waals surface area contributed by atoms with E-state index in [2.05, 4.69) is 9.72 Å². The van der Waals surface area contributed by atoms with Crippen molar-refractivity contribution < 1.29 is 18.7 Å². The average Bonchev–Trinajstić information content (AvgIpc) is 2.78. The van der Waals surface area contributed by atoms with E-state index in [-0.39, 0.29) is 17.5 Å². The van der Waals surface area contributed by atoms with Gasteiger partial charge in [-0.25, -0.2) is 9.78 Å². The third-order valence-corrected chi connectivity index (χ3v) is 2.80. The maximum atomic E-state index is 11.2. The van der Waals surface area contributed by atoms with Crippen molar-refractivity contribution in [1.29, 1.82) is 0 Å². The van der Waals surface area contributed by atoms with Gasteiger partial charge in [0.25, 0.3) is 0 Å². The normalized spacial score (nSPS) is 17.4. The molecule has 0 radical (unpaired) electrons. The van der Waals surface area contributed by atoms with E-state index in [1.807, 2.05) is 0 Å². The van der Waals surface area contributed by atoms with Crippen molar-refractivity contribution in [3.05, 3.63) is 17.8 Å². The predicted molar refractivity (Wildman–Crippen MR) is 54.1 cm³/mol. The molecule has 0 aromatic carbocycles. The van der Waals surface area contributed by atoms with Gasteiger partial charge >= 0.3 is 5.97 Å². The largest absolute Gasteiger partial charge is 0.463 e. The van der Waals surface area contributed by atoms with Gasteiger partial charge in [0.15, 0.2) is 5.89 Å². The first kappa shape index (κ1) is 10.9. The van der Waals surface area contributed by atoms with Gasteiger partial charge in [-0.15, -0.1) is 0 Å². The van der Waals surface area contributed by atoms with Crippen LogP contribution < -0.4 is 0 Å². The Morgan fingerprint density at radius 1 is 1.50 bits per heavy atom. The first-order chi connectivity index (χ1) is 7.70. The summed E-state index contributed by atoms with van der Waals surface area (Å²) in [5, 5.41) is 0. The molecule has 1 aliphatic carbocycles. The van der Waals surface area contributed by atoms with Gasteiger partial charge in [-0.1, -0.05) is 0 Å². The Kier molecular flexibility index (Phi) is 3.03. The topological polar surface area (TPSA) is 69.4 Å². The standard InChI is InChI=1S/C11H13NO4/c1-15-11(14)9-6-12-10(16-9)7-2-4-8(13)5-3-7/h6-7H,2-5H2,1H3. The highest BCUT2D eigenvalue weighted by Gasteiger charge is 2.25. The highest BCUT2D eigenvalue weighted by Crippen LogP contribution is 2.30. The molecule has 0 saturated heterocycles. The van der Waals surface area contributed by atoms with Crippen molar-refractivity contribution in [2.75, 3.05) is 7.11 Å². The number of carbonyl (C=O) groups excluding carboxylic acids is 2. The Labute approximate surface area is 92.8 Å². The van der Waals surface area contributed by atoms with Gasteiger partial charge in [0, 0.05) is 18.8 Å². The highest BCUT2D eigenvalue weighted by atomic mass is 16.5. The molecule has 16 heavy (non-hydrogen) atoms. The number of nitrogens with zero attached hydrogens (tertiary/aromatic N) is 1. The molecule has 1 saturated carbocycles. The van der Waals surface area contributed by atoms with E-state index in [1.165, 1.54) is 13.3 Å². The molecule has 1 aromatic rings. The van der Waals surface area contributed by atoms with E-state index >= 15 is 0 Å². The lowest BCUT2D eigenvalue weighted by Crippen LogP contribution is -2.12. The molecule has 0 atom stereocenters. The van der Waals surface area contributed by atoms with Crippen LogP contribution in [0.3, 0.4) is 0 Å². The molecule has 2 rings (SSSR count). The average molecular weight is 223 g/mol. The van der Waals surface area contributed by atoms with Crippen molar-refractivity contribution in [2.45, 2.75) is 31.6 Å². The van der Waals surface area contributed by atoms with Crippen LogP contribution >= 0.6 is 0 Å². The number of carbonyl (C=O) groups is 2. The Balaban J connectivity index is 2.07. The first-order valence-electron chi connectivity index (χ1n) is 5.26. The molecule has 0 bridgehead atoms. The van der Waals surface area contributed by atoms with Crippen LogP contribution in [-0.4, -0.2) is 23.8 Å². The second-order valence-corrected chi connectivity index (χ2v) is 3.87.